The van der Waals surface area contributed by atoms with Crippen LogP contribution in [-0.4, -0.2) is 74.9 Å². The summed E-state index contributed by atoms with van der Waals surface area (Å²) in [4.78, 5) is 52.6. The lowest BCUT2D eigenvalue weighted by molar-refractivity contribution is 0.0963. The van der Waals surface area contributed by atoms with Crippen LogP contribution in [0.15, 0.2) is 29.2 Å². The first kappa shape index (κ1) is 29.5. The molecule has 5 amide bonds. The molecule has 216 valence electrons. The van der Waals surface area contributed by atoms with E-state index >= 15 is 0 Å². The molecule has 3 N–H and O–H groups in total. The summed E-state index contributed by atoms with van der Waals surface area (Å²) in [5.41, 5.74) is 0.987. The van der Waals surface area contributed by atoms with Crippen LogP contribution in [0.3, 0.4) is 0 Å². The fourth-order valence-corrected chi connectivity index (χ4v) is 7.65. The summed E-state index contributed by atoms with van der Waals surface area (Å²) >= 11 is 1.14. The van der Waals surface area contributed by atoms with Crippen molar-refractivity contribution in [2.24, 2.45) is 5.92 Å². The molecular formula is C26H33N5O7S2. The molecule has 0 bridgehead atoms. The number of hydrogen-bond acceptors (Lipinski definition) is 8. The highest BCUT2D eigenvalue weighted by atomic mass is 32.2. The SMILES string of the molecule is CCOC(=O)N1CCc2c(sc(NC(=O)c3ccc(S(=O)(=O)N4CCCC(C)C4)cc3)c2C(=O)NC(=O)NC)C1. The number of thiophene rings is 1. The van der Waals surface area contributed by atoms with Gasteiger partial charge in [-0.05, 0) is 61.9 Å². The van der Waals surface area contributed by atoms with Crippen molar-refractivity contribution in [1.29, 1.82) is 0 Å². The Labute approximate surface area is 237 Å². The van der Waals surface area contributed by atoms with Crippen LogP contribution in [0, 0.1) is 5.92 Å². The van der Waals surface area contributed by atoms with Gasteiger partial charge in [0.05, 0.1) is 23.6 Å². The standard InChI is InChI=1S/C26H33N5O7S2/c1-4-38-26(35)30-13-11-19-20(15-30)39-24(21(19)23(33)29-25(34)27-3)28-22(32)17-7-9-18(10-8-17)40(36,37)31-12-5-6-16(2)14-31/h7-10,16H,4-6,11-15H2,1-3H3,(H,28,32)(H2,27,29,33,34). The molecule has 40 heavy (non-hydrogen) atoms. The topological polar surface area (TPSA) is 154 Å². The second kappa shape index (κ2) is 12.4. The van der Waals surface area contributed by atoms with E-state index in [0.29, 0.717) is 36.5 Å². The molecule has 1 aromatic carbocycles. The molecule has 1 saturated heterocycles. The lowest BCUT2D eigenvalue weighted by Crippen LogP contribution is -2.39. The van der Waals surface area contributed by atoms with Gasteiger partial charge in [0.1, 0.15) is 5.00 Å². The quantitative estimate of drug-likeness (QED) is 0.467. The number of urea groups is 1. The maximum absolute atomic E-state index is 13.2. The third-order valence-corrected chi connectivity index (χ3v) is 9.88. The number of carbonyl (C=O) groups excluding carboxylic acids is 4. The molecule has 3 heterocycles. The summed E-state index contributed by atoms with van der Waals surface area (Å²) in [6.07, 6.45) is 1.65. The van der Waals surface area contributed by atoms with Crippen molar-refractivity contribution >= 4 is 50.3 Å². The van der Waals surface area contributed by atoms with E-state index in [2.05, 4.69) is 16.0 Å². The van der Waals surface area contributed by atoms with E-state index in [1.54, 1.807) is 6.92 Å². The fraction of sp³-hybridized carbons (Fsp3) is 0.462. The summed E-state index contributed by atoms with van der Waals surface area (Å²) in [6, 6.07) is 4.95. The maximum atomic E-state index is 13.2. The summed E-state index contributed by atoms with van der Waals surface area (Å²) < 4.78 is 32.7. The molecule has 1 aromatic heterocycles. The molecule has 14 heteroatoms. The van der Waals surface area contributed by atoms with Crippen LogP contribution in [0.4, 0.5) is 14.6 Å². The van der Waals surface area contributed by atoms with E-state index in [9.17, 15) is 27.6 Å². The summed E-state index contributed by atoms with van der Waals surface area (Å²) in [5.74, 6) is -0.955. The number of nitrogens with one attached hydrogen (secondary N) is 3. The van der Waals surface area contributed by atoms with Gasteiger partial charge in [0, 0.05) is 37.1 Å². The van der Waals surface area contributed by atoms with Crippen molar-refractivity contribution < 1.29 is 32.3 Å². The fourth-order valence-electron chi connectivity index (χ4n) is 4.80. The summed E-state index contributed by atoms with van der Waals surface area (Å²) in [6.45, 7) is 5.39. The lowest BCUT2D eigenvalue weighted by Gasteiger charge is -2.30. The number of amides is 5. The Morgan fingerprint density at radius 1 is 1.10 bits per heavy atom. The van der Waals surface area contributed by atoms with Gasteiger partial charge >= 0.3 is 12.1 Å². The molecule has 2 aromatic rings. The van der Waals surface area contributed by atoms with Crippen LogP contribution in [0.5, 0.6) is 0 Å². The Morgan fingerprint density at radius 3 is 2.48 bits per heavy atom. The first-order chi connectivity index (χ1) is 19.0. The largest absolute Gasteiger partial charge is 0.450 e. The molecule has 0 radical (unpaired) electrons. The van der Waals surface area contributed by atoms with Crippen molar-refractivity contribution in [2.45, 2.75) is 44.6 Å². The highest BCUT2D eigenvalue weighted by Gasteiger charge is 2.32. The van der Waals surface area contributed by atoms with Crippen LogP contribution < -0.4 is 16.0 Å². The molecule has 12 nitrogen and oxygen atoms in total. The van der Waals surface area contributed by atoms with E-state index in [-0.39, 0.29) is 40.1 Å². The van der Waals surface area contributed by atoms with Gasteiger partial charge in [0.2, 0.25) is 10.0 Å². The Morgan fingerprint density at radius 2 is 1.82 bits per heavy atom. The molecule has 1 fully saturated rings. The van der Waals surface area contributed by atoms with Gasteiger partial charge < -0.3 is 20.3 Å². The van der Waals surface area contributed by atoms with E-state index in [1.807, 2.05) is 6.92 Å². The van der Waals surface area contributed by atoms with Crippen LogP contribution in [-0.2, 0) is 27.7 Å². The van der Waals surface area contributed by atoms with Gasteiger partial charge in [-0.15, -0.1) is 11.3 Å². The highest BCUT2D eigenvalue weighted by Crippen LogP contribution is 2.37. The van der Waals surface area contributed by atoms with Gasteiger partial charge in [-0.2, -0.15) is 4.31 Å². The molecule has 1 atom stereocenters. The molecular weight excluding hydrogens is 558 g/mol. The predicted molar refractivity (Wildman–Crippen MR) is 149 cm³/mol. The number of sulfonamides is 1. The minimum absolute atomic E-state index is 0.106. The van der Waals surface area contributed by atoms with Gasteiger partial charge in [-0.25, -0.2) is 18.0 Å². The third kappa shape index (κ3) is 6.29. The number of rotatable bonds is 6. The number of anilines is 1. The van der Waals surface area contributed by atoms with E-state index < -0.39 is 34.0 Å². The van der Waals surface area contributed by atoms with Crippen molar-refractivity contribution in [3.05, 3.63) is 45.8 Å². The summed E-state index contributed by atoms with van der Waals surface area (Å²) in [5, 5.41) is 7.53. The number of nitrogens with zero attached hydrogens (tertiary/aromatic N) is 2. The Kier molecular flexibility index (Phi) is 9.11. The van der Waals surface area contributed by atoms with Crippen LogP contribution >= 0.6 is 11.3 Å². The number of carbonyl (C=O) groups is 4. The van der Waals surface area contributed by atoms with Crippen molar-refractivity contribution in [3.8, 4) is 0 Å². The molecule has 0 spiro atoms. The van der Waals surface area contributed by atoms with E-state index in [4.69, 9.17) is 4.74 Å². The highest BCUT2D eigenvalue weighted by molar-refractivity contribution is 7.89. The Balaban J connectivity index is 1.57. The van der Waals surface area contributed by atoms with Crippen molar-refractivity contribution in [3.63, 3.8) is 0 Å². The number of hydrogen-bond donors (Lipinski definition) is 3. The monoisotopic (exact) mass is 591 g/mol. The van der Waals surface area contributed by atoms with E-state index in [0.717, 1.165) is 24.2 Å². The summed E-state index contributed by atoms with van der Waals surface area (Å²) in [7, 11) is -2.30. The van der Waals surface area contributed by atoms with Gasteiger partial charge in [0.15, 0.2) is 0 Å². The Hall–Kier alpha value is -3.49. The number of fused-ring (bicyclic) bond motifs is 1. The number of ether oxygens (including phenoxy) is 1. The van der Waals surface area contributed by atoms with Crippen molar-refractivity contribution in [1.82, 2.24) is 19.8 Å². The average molecular weight is 592 g/mol. The normalized spacial score (nSPS) is 17.5. The van der Waals surface area contributed by atoms with Gasteiger partial charge in [-0.1, -0.05) is 6.92 Å². The zero-order valence-corrected chi connectivity index (χ0v) is 24.2. The molecule has 2 aliphatic rings. The first-order valence-electron chi connectivity index (χ1n) is 13.1. The van der Waals surface area contributed by atoms with Crippen LogP contribution in [0.2, 0.25) is 0 Å². The van der Waals surface area contributed by atoms with E-state index in [1.165, 1.54) is 40.5 Å². The Bertz CT molecular complexity index is 1410. The predicted octanol–water partition coefficient (Wildman–Crippen LogP) is 3.00. The zero-order valence-electron chi connectivity index (χ0n) is 22.6. The minimum atomic E-state index is -3.68. The second-order valence-corrected chi connectivity index (χ2v) is 12.7. The lowest BCUT2D eigenvalue weighted by atomic mass is 10.0. The second-order valence-electron chi connectivity index (χ2n) is 9.70. The molecule has 0 saturated carbocycles. The molecule has 1 unspecified atom stereocenters. The van der Waals surface area contributed by atoms with Crippen molar-refractivity contribution in [2.75, 3.05) is 38.6 Å². The van der Waals surface area contributed by atoms with Crippen LogP contribution in [0.1, 0.15) is 57.8 Å². The molecule has 0 aliphatic carbocycles. The number of piperidine rings is 1. The molecule has 2 aliphatic heterocycles. The van der Waals surface area contributed by atoms with Gasteiger partial charge in [-0.3, -0.25) is 14.9 Å². The average Bonchev–Trinajstić information content (AvgIpc) is 3.30. The first-order valence-corrected chi connectivity index (χ1v) is 15.3. The number of benzene rings is 1. The number of imide groups is 1. The van der Waals surface area contributed by atoms with Crippen LogP contribution in [0.25, 0.3) is 0 Å². The minimum Gasteiger partial charge on any atom is -0.450 e. The third-order valence-electron chi connectivity index (χ3n) is 6.87. The van der Waals surface area contributed by atoms with Gasteiger partial charge in [0.25, 0.3) is 11.8 Å². The smallest absolute Gasteiger partial charge is 0.410 e. The zero-order chi connectivity index (χ0) is 29.0. The molecule has 4 rings (SSSR count). The maximum Gasteiger partial charge on any atom is 0.410 e.